The van der Waals surface area contributed by atoms with Crippen LogP contribution in [0.5, 0.6) is 0 Å². The SMILES string of the molecule is COCCN(CC1CCCN1)C1CCCCC1OC. The van der Waals surface area contributed by atoms with Crippen molar-refractivity contribution in [2.24, 2.45) is 0 Å². The molecule has 0 bridgehead atoms. The molecule has 3 unspecified atom stereocenters. The second-order valence-corrected chi connectivity index (χ2v) is 5.91. The van der Waals surface area contributed by atoms with E-state index in [2.05, 4.69) is 10.2 Å². The lowest BCUT2D eigenvalue weighted by atomic mass is 9.90. The number of methoxy groups -OCH3 is 2. The van der Waals surface area contributed by atoms with Crippen LogP contribution in [0.15, 0.2) is 0 Å². The van der Waals surface area contributed by atoms with Gasteiger partial charge in [-0.25, -0.2) is 0 Å². The number of hydrogen-bond acceptors (Lipinski definition) is 4. The Labute approximate surface area is 117 Å². The molecule has 1 saturated heterocycles. The van der Waals surface area contributed by atoms with Crippen LogP contribution in [0.1, 0.15) is 38.5 Å². The summed E-state index contributed by atoms with van der Waals surface area (Å²) in [5.41, 5.74) is 0. The van der Waals surface area contributed by atoms with Crippen LogP contribution in [0.25, 0.3) is 0 Å². The molecule has 1 aliphatic carbocycles. The lowest BCUT2D eigenvalue weighted by molar-refractivity contribution is -0.0204. The van der Waals surface area contributed by atoms with E-state index in [9.17, 15) is 0 Å². The maximum Gasteiger partial charge on any atom is 0.0726 e. The summed E-state index contributed by atoms with van der Waals surface area (Å²) in [5.74, 6) is 0. The summed E-state index contributed by atoms with van der Waals surface area (Å²) in [4.78, 5) is 2.61. The van der Waals surface area contributed by atoms with Gasteiger partial charge in [0.25, 0.3) is 0 Å². The number of rotatable bonds is 7. The Morgan fingerprint density at radius 3 is 2.63 bits per heavy atom. The molecule has 3 atom stereocenters. The van der Waals surface area contributed by atoms with Gasteiger partial charge in [0.1, 0.15) is 0 Å². The molecular weight excluding hydrogens is 240 g/mol. The molecule has 0 radical (unpaired) electrons. The highest BCUT2D eigenvalue weighted by Gasteiger charge is 2.31. The number of nitrogens with one attached hydrogen (secondary N) is 1. The van der Waals surface area contributed by atoms with Crippen molar-refractivity contribution in [2.45, 2.75) is 56.7 Å². The van der Waals surface area contributed by atoms with Gasteiger partial charge in [0.2, 0.25) is 0 Å². The molecule has 2 rings (SSSR count). The van der Waals surface area contributed by atoms with Crippen LogP contribution < -0.4 is 5.32 Å². The zero-order valence-electron chi connectivity index (χ0n) is 12.6. The molecule has 0 aromatic rings. The maximum atomic E-state index is 5.73. The Morgan fingerprint density at radius 1 is 1.11 bits per heavy atom. The van der Waals surface area contributed by atoms with E-state index in [1.807, 2.05) is 7.11 Å². The summed E-state index contributed by atoms with van der Waals surface area (Å²) in [6.07, 6.45) is 8.18. The number of ether oxygens (including phenoxy) is 2. The molecule has 4 heteroatoms. The summed E-state index contributed by atoms with van der Waals surface area (Å²) in [6, 6.07) is 1.24. The van der Waals surface area contributed by atoms with E-state index in [0.717, 1.165) is 19.7 Å². The monoisotopic (exact) mass is 270 g/mol. The average molecular weight is 270 g/mol. The van der Waals surface area contributed by atoms with E-state index in [0.29, 0.717) is 18.2 Å². The van der Waals surface area contributed by atoms with E-state index >= 15 is 0 Å². The highest BCUT2D eigenvalue weighted by Crippen LogP contribution is 2.26. The number of hydrogen-bond donors (Lipinski definition) is 1. The molecule has 0 amide bonds. The summed E-state index contributed by atoms with van der Waals surface area (Å²) in [7, 11) is 3.66. The predicted molar refractivity (Wildman–Crippen MR) is 77.5 cm³/mol. The largest absolute Gasteiger partial charge is 0.383 e. The van der Waals surface area contributed by atoms with Gasteiger partial charge < -0.3 is 14.8 Å². The third-order valence-corrected chi connectivity index (χ3v) is 4.64. The molecule has 0 aromatic carbocycles. The minimum absolute atomic E-state index is 0.409. The van der Waals surface area contributed by atoms with Crippen molar-refractivity contribution < 1.29 is 9.47 Å². The summed E-state index contributed by atoms with van der Waals surface area (Å²) in [6.45, 7) is 4.17. The minimum atomic E-state index is 0.409. The smallest absolute Gasteiger partial charge is 0.0726 e. The second-order valence-electron chi connectivity index (χ2n) is 5.91. The van der Waals surface area contributed by atoms with Crippen molar-refractivity contribution in [2.75, 3.05) is 40.5 Å². The van der Waals surface area contributed by atoms with Crippen LogP contribution in [-0.4, -0.2) is 63.5 Å². The molecule has 4 nitrogen and oxygen atoms in total. The fourth-order valence-electron chi connectivity index (χ4n) is 3.57. The third kappa shape index (κ3) is 4.42. The zero-order chi connectivity index (χ0) is 13.5. The third-order valence-electron chi connectivity index (χ3n) is 4.64. The fraction of sp³-hybridized carbons (Fsp3) is 1.00. The normalized spacial score (nSPS) is 32.1. The highest BCUT2D eigenvalue weighted by molar-refractivity contribution is 4.87. The first-order valence-electron chi connectivity index (χ1n) is 7.84. The molecule has 2 aliphatic rings. The Bertz CT molecular complexity index is 244. The first-order valence-corrected chi connectivity index (χ1v) is 7.84. The first kappa shape index (κ1) is 15.2. The van der Waals surface area contributed by atoms with Crippen molar-refractivity contribution in [1.82, 2.24) is 10.2 Å². The van der Waals surface area contributed by atoms with Gasteiger partial charge in [0.15, 0.2) is 0 Å². The quantitative estimate of drug-likeness (QED) is 0.762. The van der Waals surface area contributed by atoms with E-state index in [4.69, 9.17) is 9.47 Å². The molecule has 1 aliphatic heterocycles. The van der Waals surface area contributed by atoms with E-state index < -0.39 is 0 Å². The van der Waals surface area contributed by atoms with Crippen LogP contribution in [-0.2, 0) is 9.47 Å². The standard InChI is InChI=1S/C15H30N2O2/c1-18-11-10-17(12-13-6-5-9-16-13)14-7-3-4-8-15(14)19-2/h13-16H,3-12H2,1-2H3. The Hall–Kier alpha value is -0.160. The Kier molecular flexibility index (Phi) is 6.57. The van der Waals surface area contributed by atoms with Gasteiger partial charge in [-0.3, -0.25) is 4.90 Å². The average Bonchev–Trinajstić information content (AvgIpc) is 2.96. The van der Waals surface area contributed by atoms with E-state index in [1.165, 1.54) is 45.1 Å². The Balaban J connectivity index is 1.93. The van der Waals surface area contributed by atoms with Crippen molar-refractivity contribution in [3.05, 3.63) is 0 Å². The molecule has 0 spiro atoms. The minimum Gasteiger partial charge on any atom is -0.383 e. The topological polar surface area (TPSA) is 33.7 Å². The Morgan fingerprint density at radius 2 is 1.95 bits per heavy atom. The van der Waals surface area contributed by atoms with Gasteiger partial charge in [-0.05, 0) is 32.2 Å². The van der Waals surface area contributed by atoms with Crippen LogP contribution in [0.3, 0.4) is 0 Å². The van der Waals surface area contributed by atoms with Crippen molar-refractivity contribution in [1.29, 1.82) is 0 Å². The zero-order valence-corrected chi connectivity index (χ0v) is 12.6. The van der Waals surface area contributed by atoms with E-state index in [-0.39, 0.29) is 0 Å². The molecule has 0 aromatic heterocycles. The van der Waals surface area contributed by atoms with Crippen LogP contribution in [0.4, 0.5) is 0 Å². The molecule has 19 heavy (non-hydrogen) atoms. The van der Waals surface area contributed by atoms with Crippen molar-refractivity contribution >= 4 is 0 Å². The van der Waals surface area contributed by atoms with Gasteiger partial charge >= 0.3 is 0 Å². The van der Waals surface area contributed by atoms with Gasteiger partial charge in [-0.2, -0.15) is 0 Å². The maximum absolute atomic E-state index is 5.73. The lowest BCUT2D eigenvalue weighted by Crippen LogP contribution is -2.51. The van der Waals surface area contributed by atoms with Gasteiger partial charge in [-0.1, -0.05) is 12.8 Å². The lowest BCUT2D eigenvalue weighted by Gasteiger charge is -2.40. The summed E-state index contributed by atoms with van der Waals surface area (Å²) in [5, 5.41) is 3.61. The van der Waals surface area contributed by atoms with Crippen LogP contribution in [0, 0.1) is 0 Å². The molecule has 1 saturated carbocycles. The molecule has 1 N–H and O–H groups in total. The molecule has 2 fully saturated rings. The molecule has 112 valence electrons. The predicted octanol–water partition coefficient (Wildman–Crippen LogP) is 1.64. The van der Waals surface area contributed by atoms with Gasteiger partial charge in [-0.15, -0.1) is 0 Å². The molecule has 1 heterocycles. The van der Waals surface area contributed by atoms with Gasteiger partial charge in [0.05, 0.1) is 12.7 Å². The second kappa shape index (κ2) is 8.20. The summed E-state index contributed by atoms with van der Waals surface area (Å²) >= 11 is 0. The van der Waals surface area contributed by atoms with E-state index in [1.54, 1.807) is 7.11 Å². The van der Waals surface area contributed by atoms with Crippen molar-refractivity contribution in [3.8, 4) is 0 Å². The van der Waals surface area contributed by atoms with Gasteiger partial charge in [0, 0.05) is 39.4 Å². The van der Waals surface area contributed by atoms with Crippen molar-refractivity contribution in [3.63, 3.8) is 0 Å². The fourth-order valence-corrected chi connectivity index (χ4v) is 3.57. The number of nitrogens with zero attached hydrogens (tertiary/aromatic N) is 1. The first-order chi connectivity index (χ1) is 9.35. The van der Waals surface area contributed by atoms with Crippen LogP contribution >= 0.6 is 0 Å². The molecular formula is C15H30N2O2. The summed E-state index contributed by atoms with van der Waals surface area (Å²) < 4.78 is 11.0. The van der Waals surface area contributed by atoms with Crippen LogP contribution in [0.2, 0.25) is 0 Å². The highest BCUT2D eigenvalue weighted by atomic mass is 16.5.